The fraction of sp³-hybridized carbons (Fsp3) is 0.462. The third-order valence-corrected chi connectivity index (χ3v) is 2.91. The van der Waals surface area contributed by atoms with Gasteiger partial charge < -0.3 is 9.84 Å². The standard InChI is InChI=1S/C13H16N2O2/c14-9-11-1-3-13(4-2-11)17-8-7-15-6-5-12(16)10-15/h1-4,12,16H,5-8,10H2/t12-/m1/s1. The summed E-state index contributed by atoms with van der Waals surface area (Å²) in [6.07, 6.45) is 0.682. The van der Waals surface area contributed by atoms with Gasteiger partial charge in [0.05, 0.1) is 17.7 Å². The molecule has 1 saturated heterocycles. The summed E-state index contributed by atoms with van der Waals surface area (Å²) in [5.74, 6) is 0.781. The van der Waals surface area contributed by atoms with Crippen molar-refractivity contribution in [1.29, 1.82) is 5.26 Å². The predicted octanol–water partition coefficient (Wildman–Crippen LogP) is 1.00. The third kappa shape index (κ3) is 3.45. The highest BCUT2D eigenvalue weighted by Gasteiger charge is 2.19. The van der Waals surface area contributed by atoms with Gasteiger partial charge in [0.25, 0.3) is 0 Å². The van der Waals surface area contributed by atoms with Crippen LogP contribution in [0.5, 0.6) is 5.75 Å². The topological polar surface area (TPSA) is 56.5 Å². The number of hydrogen-bond donors (Lipinski definition) is 1. The minimum Gasteiger partial charge on any atom is -0.492 e. The minimum atomic E-state index is -0.176. The van der Waals surface area contributed by atoms with Crippen molar-refractivity contribution < 1.29 is 9.84 Å². The molecule has 1 N–H and O–H groups in total. The van der Waals surface area contributed by atoms with Crippen LogP contribution in [0.4, 0.5) is 0 Å². The average molecular weight is 232 g/mol. The predicted molar refractivity (Wildman–Crippen MR) is 63.7 cm³/mol. The molecule has 4 heteroatoms. The smallest absolute Gasteiger partial charge is 0.119 e. The number of β-amino-alcohol motifs (C(OH)–C–C–N with tert-alkyl or cyclic N) is 1. The van der Waals surface area contributed by atoms with E-state index < -0.39 is 0 Å². The van der Waals surface area contributed by atoms with Crippen molar-refractivity contribution in [3.63, 3.8) is 0 Å². The molecule has 1 heterocycles. The Kier molecular flexibility index (Phi) is 3.97. The zero-order valence-corrected chi connectivity index (χ0v) is 9.67. The first-order valence-corrected chi connectivity index (χ1v) is 5.81. The van der Waals surface area contributed by atoms with Gasteiger partial charge in [-0.15, -0.1) is 0 Å². The summed E-state index contributed by atoms with van der Waals surface area (Å²) in [6, 6.07) is 9.16. The summed E-state index contributed by atoms with van der Waals surface area (Å²) in [5.41, 5.74) is 0.639. The van der Waals surface area contributed by atoms with Crippen LogP contribution in [0.1, 0.15) is 12.0 Å². The first-order chi connectivity index (χ1) is 8.28. The maximum atomic E-state index is 9.36. The second-order valence-electron chi connectivity index (χ2n) is 4.23. The minimum absolute atomic E-state index is 0.176. The van der Waals surface area contributed by atoms with E-state index in [0.717, 1.165) is 31.8 Å². The van der Waals surface area contributed by atoms with Gasteiger partial charge >= 0.3 is 0 Å². The molecule has 0 radical (unpaired) electrons. The summed E-state index contributed by atoms with van der Waals surface area (Å²) < 4.78 is 5.57. The molecule has 90 valence electrons. The summed E-state index contributed by atoms with van der Waals surface area (Å²) >= 11 is 0. The summed E-state index contributed by atoms with van der Waals surface area (Å²) in [7, 11) is 0. The van der Waals surface area contributed by atoms with Gasteiger partial charge in [0, 0.05) is 19.6 Å². The van der Waals surface area contributed by atoms with E-state index in [1.807, 2.05) is 0 Å². The lowest BCUT2D eigenvalue weighted by Crippen LogP contribution is -2.27. The van der Waals surface area contributed by atoms with E-state index in [1.54, 1.807) is 24.3 Å². The molecule has 0 aromatic heterocycles. The highest BCUT2D eigenvalue weighted by Crippen LogP contribution is 2.12. The quantitative estimate of drug-likeness (QED) is 0.841. The van der Waals surface area contributed by atoms with Gasteiger partial charge in [0.1, 0.15) is 12.4 Å². The molecule has 2 rings (SSSR count). The number of hydrogen-bond acceptors (Lipinski definition) is 4. The van der Waals surface area contributed by atoms with Crippen LogP contribution >= 0.6 is 0 Å². The molecule has 0 bridgehead atoms. The molecule has 0 saturated carbocycles. The van der Waals surface area contributed by atoms with E-state index >= 15 is 0 Å². The zero-order chi connectivity index (χ0) is 12.1. The van der Waals surface area contributed by atoms with E-state index in [1.165, 1.54) is 0 Å². The summed E-state index contributed by atoms with van der Waals surface area (Å²) in [5, 5.41) is 18.0. The van der Waals surface area contributed by atoms with E-state index in [9.17, 15) is 5.11 Å². The molecule has 1 aliphatic rings. The number of aliphatic hydroxyl groups excluding tert-OH is 1. The van der Waals surface area contributed by atoms with Crippen molar-refractivity contribution in [2.75, 3.05) is 26.2 Å². The Labute approximate surface area is 101 Å². The lowest BCUT2D eigenvalue weighted by molar-refractivity contribution is 0.167. The van der Waals surface area contributed by atoms with Crippen molar-refractivity contribution in [3.8, 4) is 11.8 Å². The van der Waals surface area contributed by atoms with Crippen molar-refractivity contribution in [2.45, 2.75) is 12.5 Å². The van der Waals surface area contributed by atoms with Gasteiger partial charge in [-0.2, -0.15) is 5.26 Å². The molecule has 1 aliphatic heterocycles. The molecule has 0 unspecified atom stereocenters. The number of ether oxygens (including phenoxy) is 1. The van der Waals surface area contributed by atoms with E-state index in [-0.39, 0.29) is 6.10 Å². The summed E-state index contributed by atoms with van der Waals surface area (Å²) in [4.78, 5) is 2.19. The second kappa shape index (κ2) is 5.67. The molecule has 4 nitrogen and oxygen atoms in total. The van der Waals surface area contributed by atoms with Crippen LogP contribution in [0.25, 0.3) is 0 Å². The van der Waals surface area contributed by atoms with Crippen LogP contribution < -0.4 is 4.74 Å². The number of aliphatic hydroxyl groups is 1. The number of benzene rings is 1. The highest BCUT2D eigenvalue weighted by atomic mass is 16.5. The maximum Gasteiger partial charge on any atom is 0.119 e. The van der Waals surface area contributed by atoms with E-state index in [2.05, 4.69) is 11.0 Å². The van der Waals surface area contributed by atoms with Crippen LogP contribution in [0, 0.1) is 11.3 Å². The Hall–Kier alpha value is -1.57. The summed E-state index contributed by atoms with van der Waals surface area (Å²) in [6.45, 7) is 3.13. The van der Waals surface area contributed by atoms with Crippen LogP contribution in [-0.4, -0.2) is 42.4 Å². The number of rotatable bonds is 4. The van der Waals surface area contributed by atoms with Crippen LogP contribution in [0.2, 0.25) is 0 Å². The Morgan fingerprint density at radius 2 is 2.18 bits per heavy atom. The average Bonchev–Trinajstić information content (AvgIpc) is 2.76. The Balaban J connectivity index is 1.73. The van der Waals surface area contributed by atoms with Gasteiger partial charge in [-0.3, -0.25) is 4.90 Å². The zero-order valence-electron chi connectivity index (χ0n) is 9.67. The van der Waals surface area contributed by atoms with Crippen LogP contribution in [0.15, 0.2) is 24.3 Å². The lowest BCUT2D eigenvalue weighted by atomic mass is 10.2. The maximum absolute atomic E-state index is 9.36. The molecule has 0 aliphatic carbocycles. The van der Waals surface area contributed by atoms with E-state index in [4.69, 9.17) is 10.00 Å². The first-order valence-electron chi connectivity index (χ1n) is 5.81. The fourth-order valence-electron chi connectivity index (χ4n) is 1.93. The van der Waals surface area contributed by atoms with Crippen molar-refractivity contribution >= 4 is 0 Å². The number of likely N-dealkylation sites (tertiary alicyclic amines) is 1. The van der Waals surface area contributed by atoms with Crippen molar-refractivity contribution in [1.82, 2.24) is 4.90 Å². The molecule has 0 spiro atoms. The molecule has 1 fully saturated rings. The SMILES string of the molecule is N#Cc1ccc(OCCN2CC[C@@H](O)C2)cc1. The normalized spacial score (nSPS) is 20.1. The van der Waals surface area contributed by atoms with Gasteiger partial charge in [0.2, 0.25) is 0 Å². The van der Waals surface area contributed by atoms with Crippen LogP contribution in [0.3, 0.4) is 0 Å². The van der Waals surface area contributed by atoms with Gasteiger partial charge in [-0.1, -0.05) is 0 Å². The Morgan fingerprint density at radius 1 is 1.41 bits per heavy atom. The first kappa shape index (κ1) is 11.9. The third-order valence-electron chi connectivity index (χ3n) is 2.91. The van der Waals surface area contributed by atoms with Crippen molar-refractivity contribution in [3.05, 3.63) is 29.8 Å². The number of nitrogens with zero attached hydrogens (tertiary/aromatic N) is 2. The Morgan fingerprint density at radius 3 is 2.76 bits per heavy atom. The molecule has 1 aromatic carbocycles. The van der Waals surface area contributed by atoms with Gasteiger partial charge in [-0.25, -0.2) is 0 Å². The molecule has 0 amide bonds. The largest absolute Gasteiger partial charge is 0.492 e. The van der Waals surface area contributed by atoms with Gasteiger partial charge in [-0.05, 0) is 30.7 Å². The highest BCUT2D eigenvalue weighted by molar-refractivity contribution is 5.34. The second-order valence-corrected chi connectivity index (χ2v) is 4.23. The van der Waals surface area contributed by atoms with Crippen LogP contribution in [-0.2, 0) is 0 Å². The lowest BCUT2D eigenvalue weighted by Gasteiger charge is -2.15. The van der Waals surface area contributed by atoms with E-state index in [0.29, 0.717) is 12.2 Å². The molecule has 1 atom stereocenters. The molecule has 17 heavy (non-hydrogen) atoms. The molecular weight excluding hydrogens is 216 g/mol. The fourth-order valence-corrected chi connectivity index (χ4v) is 1.93. The molecular formula is C13H16N2O2. The molecule has 1 aromatic rings. The van der Waals surface area contributed by atoms with Crippen molar-refractivity contribution in [2.24, 2.45) is 0 Å². The monoisotopic (exact) mass is 232 g/mol. The Bertz CT molecular complexity index is 397. The van der Waals surface area contributed by atoms with Gasteiger partial charge in [0.15, 0.2) is 0 Å². The number of nitriles is 1.